The number of rotatable bonds is 5. The predicted molar refractivity (Wildman–Crippen MR) is 130 cm³/mol. The number of fused-ring (bicyclic) bond motifs is 3. The average molecular weight is 449 g/mol. The Morgan fingerprint density at radius 1 is 1.12 bits per heavy atom. The van der Waals surface area contributed by atoms with E-state index in [1.807, 2.05) is 49.1 Å². The van der Waals surface area contributed by atoms with Crippen LogP contribution in [0.3, 0.4) is 0 Å². The first kappa shape index (κ1) is 19.6. The molecule has 0 fully saturated rings. The Kier molecular flexibility index (Phi) is 5.02. The highest BCUT2D eigenvalue weighted by atomic mass is 32.1. The molecule has 0 atom stereocenters. The van der Waals surface area contributed by atoms with E-state index in [1.165, 1.54) is 22.3 Å². The summed E-state index contributed by atoms with van der Waals surface area (Å²) in [6, 6.07) is 18.6. The van der Waals surface area contributed by atoms with Crippen LogP contribution in [0.25, 0.3) is 22.5 Å². The molecule has 1 aliphatic carbocycles. The van der Waals surface area contributed by atoms with Gasteiger partial charge in [-0.3, -0.25) is 5.10 Å². The van der Waals surface area contributed by atoms with Crippen LogP contribution < -0.4 is 4.74 Å². The third kappa shape index (κ3) is 3.95. The summed E-state index contributed by atoms with van der Waals surface area (Å²) in [5, 5.41) is 10.1. The van der Waals surface area contributed by atoms with Gasteiger partial charge in [-0.1, -0.05) is 42.2 Å². The molecule has 0 saturated carbocycles. The maximum Gasteiger partial charge on any atom is 0.149 e. The molecule has 0 spiro atoms. The zero-order valence-electron chi connectivity index (χ0n) is 17.8. The maximum absolute atomic E-state index is 5.65. The number of H-pyrrole nitrogens is 1. The van der Waals surface area contributed by atoms with Crippen LogP contribution in [0.15, 0.2) is 78.7 Å². The number of hydrogen-bond donors (Lipinski definition) is 1. The van der Waals surface area contributed by atoms with Crippen molar-refractivity contribution >= 4 is 11.3 Å². The molecule has 0 bridgehead atoms. The first-order chi connectivity index (χ1) is 16.3. The highest BCUT2D eigenvalue weighted by Crippen LogP contribution is 2.41. The molecule has 0 radical (unpaired) electrons. The molecule has 0 unspecified atom stereocenters. The number of hydrogen-bond acceptors (Lipinski definition) is 4. The van der Waals surface area contributed by atoms with Gasteiger partial charge in [0.15, 0.2) is 0 Å². The fourth-order valence-electron chi connectivity index (χ4n) is 4.17. The third-order valence-corrected chi connectivity index (χ3v) is 6.59. The standard InChI is InChI=1S/C27H20N4OS/c1-2-5-22(6-3-1)32-12-4-7-23-14-21(17-33-23)26-25-15-20-9-8-19(16-31-11-10-28-18-31)13-24(20)27(25)30-29-26/h1-3,5-6,8-11,13-14,17-18H,12,15-16H2,(H,29,30). The van der Waals surface area contributed by atoms with Gasteiger partial charge in [0.25, 0.3) is 0 Å². The first-order valence-electron chi connectivity index (χ1n) is 10.7. The molecule has 0 aliphatic heterocycles. The molecule has 0 amide bonds. The Bertz CT molecular complexity index is 1470. The minimum Gasteiger partial charge on any atom is -0.481 e. The lowest BCUT2D eigenvalue weighted by Gasteiger charge is -2.06. The van der Waals surface area contributed by atoms with Crippen molar-refractivity contribution in [3.05, 3.63) is 100 Å². The number of benzene rings is 2. The van der Waals surface area contributed by atoms with E-state index >= 15 is 0 Å². The first-order valence-corrected chi connectivity index (χ1v) is 11.6. The smallest absolute Gasteiger partial charge is 0.149 e. The molecule has 6 heteroatoms. The summed E-state index contributed by atoms with van der Waals surface area (Å²) in [6.07, 6.45) is 6.53. The van der Waals surface area contributed by atoms with Gasteiger partial charge in [0.05, 0.1) is 22.6 Å². The monoisotopic (exact) mass is 448 g/mol. The molecular formula is C27H20N4OS. The van der Waals surface area contributed by atoms with Crippen LogP contribution in [0.2, 0.25) is 0 Å². The van der Waals surface area contributed by atoms with Crippen molar-refractivity contribution in [1.29, 1.82) is 0 Å². The molecule has 3 aromatic heterocycles. The van der Waals surface area contributed by atoms with Crippen LogP contribution in [-0.2, 0) is 13.0 Å². The normalized spacial score (nSPS) is 11.5. The lowest BCUT2D eigenvalue weighted by Crippen LogP contribution is -1.97. The van der Waals surface area contributed by atoms with Gasteiger partial charge in [-0.2, -0.15) is 5.10 Å². The molecule has 5 aromatic rings. The summed E-state index contributed by atoms with van der Waals surface area (Å²) >= 11 is 1.64. The molecule has 6 rings (SSSR count). The van der Waals surface area contributed by atoms with Crippen LogP contribution >= 0.6 is 11.3 Å². The van der Waals surface area contributed by atoms with Crippen molar-refractivity contribution in [3.8, 4) is 40.1 Å². The number of nitrogens with one attached hydrogen (secondary N) is 1. The van der Waals surface area contributed by atoms with Gasteiger partial charge in [-0.05, 0) is 35.4 Å². The number of nitrogens with zero attached hydrogens (tertiary/aromatic N) is 3. The molecule has 33 heavy (non-hydrogen) atoms. The van der Waals surface area contributed by atoms with Crippen molar-refractivity contribution < 1.29 is 4.74 Å². The van der Waals surface area contributed by atoms with E-state index in [-0.39, 0.29) is 0 Å². The summed E-state index contributed by atoms with van der Waals surface area (Å²) in [6.45, 7) is 1.18. The van der Waals surface area contributed by atoms with Crippen molar-refractivity contribution in [1.82, 2.24) is 19.7 Å². The van der Waals surface area contributed by atoms with Crippen LogP contribution in [0.1, 0.15) is 21.6 Å². The van der Waals surface area contributed by atoms with E-state index < -0.39 is 0 Å². The van der Waals surface area contributed by atoms with E-state index in [0.29, 0.717) is 6.61 Å². The molecule has 1 N–H and O–H groups in total. The second-order valence-corrected chi connectivity index (χ2v) is 8.84. The van der Waals surface area contributed by atoms with Gasteiger partial charge in [0.2, 0.25) is 0 Å². The second kappa shape index (κ2) is 8.45. The second-order valence-electron chi connectivity index (χ2n) is 7.93. The molecule has 2 aromatic carbocycles. The minimum absolute atomic E-state index is 0.367. The van der Waals surface area contributed by atoms with Gasteiger partial charge in [0.1, 0.15) is 12.4 Å². The predicted octanol–water partition coefficient (Wildman–Crippen LogP) is 5.38. The molecule has 0 saturated heterocycles. The van der Waals surface area contributed by atoms with E-state index in [9.17, 15) is 0 Å². The fourth-order valence-corrected chi connectivity index (χ4v) is 4.93. The summed E-state index contributed by atoms with van der Waals surface area (Å²) < 4.78 is 7.73. The van der Waals surface area contributed by atoms with Crippen molar-refractivity contribution in [2.24, 2.45) is 0 Å². The largest absolute Gasteiger partial charge is 0.481 e. The number of aromatic nitrogens is 4. The van der Waals surface area contributed by atoms with E-state index in [4.69, 9.17) is 4.74 Å². The van der Waals surface area contributed by atoms with Crippen LogP contribution in [-0.4, -0.2) is 26.4 Å². The zero-order chi connectivity index (χ0) is 22.0. The van der Waals surface area contributed by atoms with Crippen LogP contribution in [0, 0.1) is 11.8 Å². The Morgan fingerprint density at radius 3 is 2.94 bits per heavy atom. The molecule has 3 heterocycles. The summed E-state index contributed by atoms with van der Waals surface area (Å²) in [7, 11) is 0. The number of ether oxygens (including phenoxy) is 1. The number of imidazole rings is 1. The Labute approximate surface area is 195 Å². The van der Waals surface area contributed by atoms with Crippen LogP contribution in [0.5, 0.6) is 5.75 Å². The average Bonchev–Trinajstić information content (AvgIpc) is 3.63. The SMILES string of the molecule is C(#Cc1cc(-c2n[nH]c3c2Cc2ccc(Cn4ccnc4)cc2-3)cs1)COc1ccccc1. The van der Waals surface area contributed by atoms with Crippen LogP contribution in [0.4, 0.5) is 0 Å². The van der Waals surface area contributed by atoms with Gasteiger partial charge >= 0.3 is 0 Å². The maximum atomic E-state index is 5.65. The van der Waals surface area contributed by atoms with Gasteiger partial charge in [-0.15, -0.1) is 11.3 Å². The molecule has 160 valence electrons. The molecule has 5 nitrogen and oxygen atoms in total. The molecular weight excluding hydrogens is 428 g/mol. The Hall–Kier alpha value is -4.08. The minimum atomic E-state index is 0.367. The molecule has 1 aliphatic rings. The van der Waals surface area contributed by atoms with E-state index in [0.717, 1.165) is 40.5 Å². The van der Waals surface area contributed by atoms with Crippen molar-refractivity contribution in [2.45, 2.75) is 13.0 Å². The van der Waals surface area contributed by atoms with Crippen molar-refractivity contribution in [3.63, 3.8) is 0 Å². The number of para-hydroxylation sites is 1. The third-order valence-electron chi connectivity index (χ3n) is 5.74. The van der Waals surface area contributed by atoms with Gasteiger partial charge in [-0.25, -0.2) is 4.98 Å². The number of aromatic amines is 1. The Morgan fingerprint density at radius 2 is 2.06 bits per heavy atom. The number of thiophene rings is 1. The summed E-state index contributed by atoms with van der Waals surface area (Å²) in [5.74, 6) is 7.14. The van der Waals surface area contributed by atoms with E-state index in [2.05, 4.69) is 61.2 Å². The quantitative estimate of drug-likeness (QED) is 0.360. The lowest BCUT2D eigenvalue weighted by atomic mass is 10.1. The van der Waals surface area contributed by atoms with Gasteiger partial charge < -0.3 is 9.30 Å². The summed E-state index contributed by atoms with van der Waals surface area (Å²) in [5.41, 5.74) is 8.34. The van der Waals surface area contributed by atoms with Crippen molar-refractivity contribution in [2.75, 3.05) is 6.61 Å². The topological polar surface area (TPSA) is 55.7 Å². The zero-order valence-corrected chi connectivity index (χ0v) is 18.6. The fraction of sp³-hybridized carbons (Fsp3) is 0.111. The van der Waals surface area contributed by atoms with Gasteiger partial charge in [0, 0.05) is 47.4 Å². The van der Waals surface area contributed by atoms with E-state index in [1.54, 1.807) is 11.3 Å². The Balaban J connectivity index is 1.19. The highest BCUT2D eigenvalue weighted by Gasteiger charge is 2.25. The summed E-state index contributed by atoms with van der Waals surface area (Å²) in [4.78, 5) is 5.14. The lowest BCUT2D eigenvalue weighted by molar-refractivity contribution is 0.370. The highest BCUT2D eigenvalue weighted by molar-refractivity contribution is 7.11.